The smallest absolute Gasteiger partial charge is 0.352 e. The third-order valence-corrected chi connectivity index (χ3v) is 4.57. The molecule has 0 fully saturated rings. The molecule has 3 rings (SSSR count). The summed E-state index contributed by atoms with van der Waals surface area (Å²) in [7, 11) is 0. The Hall–Kier alpha value is -4.06. The van der Waals surface area contributed by atoms with E-state index in [9.17, 15) is 14.7 Å². The van der Waals surface area contributed by atoms with Crippen LogP contribution in [0.1, 0.15) is 34.0 Å². The van der Waals surface area contributed by atoms with Crippen molar-refractivity contribution in [1.29, 1.82) is 0 Å². The summed E-state index contributed by atoms with van der Waals surface area (Å²) in [5.41, 5.74) is 2.87. The maximum Gasteiger partial charge on any atom is 0.352 e. The summed E-state index contributed by atoms with van der Waals surface area (Å²) in [6, 6.07) is 21.6. The summed E-state index contributed by atoms with van der Waals surface area (Å²) in [4.78, 5) is 24.1. The number of ether oxygens (including phenoxy) is 2. The van der Waals surface area contributed by atoms with E-state index in [-0.39, 0.29) is 5.70 Å². The van der Waals surface area contributed by atoms with Crippen molar-refractivity contribution in [3.05, 3.63) is 101 Å². The zero-order valence-electron chi connectivity index (χ0n) is 18.0. The molecule has 0 unspecified atom stereocenters. The van der Waals surface area contributed by atoms with E-state index in [4.69, 9.17) is 9.47 Å². The zero-order valence-corrected chi connectivity index (χ0v) is 18.0. The van der Waals surface area contributed by atoms with E-state index in [2.05, 4.69) is 5.32 Å². The van der Waals surface area contributed by atoms with E-state index in [0.717, 1.165) is 11.1 Å². The van der Waals surface area contributed by atoms with E-state index in [1.807, 2.05) is 38.1 Å². The van der Waals surface area contributed by atoms with Gasteiger partial charge < -0.3 is 19.9 Å². The van der Waals surface area contributed by atoms with Gasteiger partial charge in [-0.1, -0.05) is 54.1 Å². The summed E-state index contributed by atoms with van der Waals surface area (Å²) in [5.74, 6) is -0.696. The molecule has 164 valence electrons. The largest absolute Gasteiger partial charge is 0.490 e. The Labute approximate surface area is 187 Å². The SMILES string of the molecule is CCOc1cc(C=C(NC(=O)c2ccccc2)C(=O)O)ccc1OCc1cccc(C)c1. The van der Waals surface area contributed by atoms with Crippen LogP contribution in [0.2, 0.25) is 0 Å². The van der Waals surface area contributed by atoms with Gasteiger partial charge in [-0.3, -0.25) is 4.79 Å². The third kappa shape index (κ3) is 6.22. The lowest BCUT2D eigenvalue weighted by Gasteiger charge is -2.13. The topological polar surface area (TPSA) is 84.9 Å². The average molecular weight is 431 g/mol. The standard InChI is InChI=1S/C26H25NO5/c1-3-31-24-16-19(12-13-23(24)32-17-20-9-7-8-18(2)14-20)15-22(26(29)30)27-25(28)21-10-5-4-6-11-21/h4-16H,3,17H2,1-2H3,(H,27,28)(H,29,30). The monoisotopic (exact) mass is 431 g/mol. The van der Waals surface area contributed by atoms with Crippen LogP contribution in [0.4, 0.5) is 0 Å². The first-order chi connectivity index (χ1) is 15.5. The van der Waals surface area contributed by atoms with Gasteiger partial charge in [0, 0.05) is 5.56 Å². The maximum absolute atomic E-state index is 12.4. The minimum absolute atomic E-state index is 0.241. The van der Waals surface area contributed by atoms with Crippen molar-refractivity contribution in [3.63, 3.8) is 0 Å². The lowest BCUT2D eigenvalue weighted by atomic mass is 10.1. The number of carbonyl (C=O) groups excluding carboxylic acids is 1. The van der Waals surface area contributed by atoms with Crippen LogP contribution in [0.5, 0.6) is 11.5 Å². The number of nitrogens with one attached hydrogen (secondary N) is 1. The lowest BCUT2D eigenvalue weighted by molar-refractivity contribution is -0.132. The highest BCUT2D eigenvalue weighted by Crippen LogP contribution is 2.30. The van der Waals surface area contributed by atoms with Crippen LogP contribution < -0.4 is 14.8 Å². The molecule has 0 saturated carbocycles. The lowest BCUT2D eigenvalue weighted by Crippen LogP contribution is -2.27. The number of carbonyl (C=O) groups is 2. The van der Waals surface area contributed by atoms with Crippen LogP contribution in [0.3, 0.4) is 0 Å². The van der Waals surface area contributed by atoms with E-state index in [1.54, 1.807) is 48.5 Å². The predicted octanol–water partition coefficient (Wildman–Crippen LogP) is 4.83. The fourth-order valence-corrected chi connectivity index (χ4v) is 3.07. The average Bonchev–Trinajstić information content (AvgIpc) is 2.79. The number of hydrogen-bond acceptors (Lipinski definition) is 4. The van der Waals surface area contributed by atoms with E-state index in [1.165, 1.54) is 6.08 Å². The number of carboxylic acid groups (broad SMARTS) is 1. The second kappa shape index (κ2) is 10.8. The number of aryl methyl sites for hydroxylation is 1. The van der Waals surface area contributed by atoms with Crippen LogP contribution in [-0.2, 0) is 11.4 Å². The molecule has 0 atom stereocenters. The van der Waals surface area contributed by atoms with E-state index >= 15 is 0 Å². The Bertz CT molecular complexity index is 1120. The molecule has 0 radical (unpaired) electrons. The van der Waals surface area contributed by atoms with E-state index in [0.29, 0.717) is 35.8 Å². The molecule has 0 saturated heterocycles. The van der Waals surface area contributed by atoms with Crippen molar-refractivity contribution < 1.29 is 24.2 Å². The summed E-state index contributed by atoms with van der Waals surface area (Å²) in [5, 5.41) is 12.0. The van der Waals surface area contributed by atoms with Gasteiger partial charge in [0.25, 0.3) is 5.91 Å². The quantitative estimate of drug-likeness (QED) is 0.474. The number of benzene rings is 3. The minimum Gasteiger partial charge on any atom is -0.490 e. The highest BCUT2D eigenvalue weighted by atomic mass is 16.5. The number of aliphatic carboxylic acids is 1. The van der Waals surface area contributed by atoms with Gasteiger partial charge in [0.15, 0.2) is 11.5 Å². The Morgan fingerprint density at radius 3 is 2.41 bits per heavy atom. The molecule has 6 heteroatoms. The molecular formula is C26H25NO5. The first kappa shape index (κ1) is 22.6. The van der Waals surface area contributed by atoms with Crippen LogP contribution in [0.25, 0.3) is 6.08 Å². The Balaban J connectivity index is 1.80. The second-order valence-corrected chi connectivity index (χ2v) is 7.10. The second-order valence-electron chi connectivity index (χ2n) is 7.10. The van der Waals surface area contributed by atoms with Gasteiger partial charge in [0.2, 0.25) is 0 Å². The third-order valence-electron chi connectivity index (χ3n) is 4.57. The van der Waals surface area contributed by atoms with Gasteiger partial charge in [0.1, 0.15) is 12.3 Å². The maximum atomic E-state index is 12.4. The fraction of sp³-hybridized carbons (Fsp3) is 0.154. The van der Waals surface area contributed by atoms with Crippen molar-refractivity contribution in [2.24, 2.45) is 0 Å². The molecule has 0 aliphatic rings. The summed E-state index contributed by atoms with van der Waals surface area (Å²) < 4.78 is 11.6. The molecule has 0 heterocycles. The molecule has 0 aromatic heterocycles. The normalized spacial score (nSPS) is 11.0. The van der Waals surface area contributed by atoms with Gasteiger partial charge in [-0.25, -0.2) is 4.79 Å². The molecule has 0 spiro atoms. The molecule has 1 amide bonds. The highest BCUT2D eigenvalue weighted by Gasteiger charge is 2.14. The first-order valence-electron chi connectivity index (χ1n) is 10.2. The Morgan fingerprint density at radius 2 is 1.72 bits per heavy atom. The van der Waals surface area contributed by atoms with Crippen LogP contribution >= 0.6 is 0 Å². The van der Waals surface area contributed by atoms with Crippen molar-refractivity contribution in [1.82, 2.24) is 5.32 Å². The van der Waals surface area contributed by atoms with Crippen molar-refractivity contribution >= 4 is 18.0 Å². The van der Waals surface area contributed by atoms with Crippen LogP contribution in [0, 0.1) is 6.92 Å². The fourth-order valence-electron chi connectivity index (χ4n) is 3.07. The van der Waals surface area contributed by atoms with Gasteiger partial charge in [-0.05, 0) is 55.3 Å². The van der Waals surface area contributed by atoms with Gasteiger partial charge >= 0.3 is 5.97 Å². The Morgan fingerprint density at radius 1 is 0.938 bits per heavy atom. The molecule has 3 aromatic carbocycles. The molecule has 32 heavy (non-hydrogen) atoms. The van der Waals surface area contributed by atoms with Crippen molar-refractivity contribution in [2.45, 2.75) is 20.5 Å². The number of amides is 1. The predicted molar refractivity (Wildman–Crippen MR) is 123 cm³/mol. The van der Waals surface area contributed by atoms with Gasteiger partial charge in [-0.2, -0.15) is 0 Å². The van der Waals surface area contributed by atoms with Crippen LogP contribution in [-0.4, -0.2) is 23.6 Å². The van der Waals surface area contributed by atoms with Crippen molar-refractivity contribution in [2.75, 3.05) is 6.61 Å². The summed E-state index contributed by atoms with van der Waals surface area (Å²) in [6.45, 7) is 4.68. The summed E-state index contributed by atoms with van der Waals surface area (Å²) >= 11 is 0. The summed E-state index contributed by atoms with van der Waals surface area (Å²) in [6.07, 6.45) is 1.38. The number of hydrogen-bond donors (Lipinski definition) is 2. The minimum atomic E-state index is -1.24. The number of rotatable bonds is 9. The Kier molecular flexibility index (Phi) is 7.65. The molecule has 6 nitrogen and oxygen atoms in total. The molecule has 0 aliphatic carbocycles. The molecule has 0 bridgehead atoms. The van der Waals surface area contributed by atoms with Gasteiger partial charge in [0.05, 0.1) is 6.61 Å². The van der Waals surface area contributed by atoms with E-state index < -0.39 is 11.9 Å². The first-order valence-corrected chi connectivity index (χ1v) is 10.2. The zero-order chi connectivity index (χ0) is 22.9. The molecule has 3 aromatic rings. The highest BCUT2D eigenvalue weighted by molar-refractivity contribution is 6.02. The van der Waals surface area contributed by atoms with Crippen molar-refractivity contribution in [3.8, 4) is 11.5 Å². The number of carboxylic acids is 1. The van der Waals surface area contributed by atoms with Gasteiger partial charge in [-0.15, -0.1) is 0 Å². The molecule has 0 aliphatic heterocycles. The molecule has 2 N–H and O–H groups in total. The van der Waals surface area contributed by atoms with Crippen LogP contribution in [0.15, 0.2) is 78.5 Å². The molecular weight excluding hydrogens is 406 g/mol.